The number of alkyl halides is 1. The van der Waals surface area contributed by atoms with Crippen LogP contribution in [0.25, 0.3) is 0 Å². The number of rotatable bonds is 30. The lowest BCUT2D eigenvalue weighted by molar-refractivity contribution is -0.151. The summed E-state index contributed by atoms with van der Waals surface area (Å²) in [5.74, 6) is -3.22. The van der Waals surface area contributed by atoms with Crippen LogP contribution in [-0.2, 0) is 57.0 Å². The maximum Gasteiger partial charge on any atom is 0.372 e. The van der Waals surface area contributed by atoms with Gasteiger partial charge in [0.2, 0.25) is 5.78 Å². The second kappa shape index (κ2) is 29.6. The number of aliphatic carboxylic acids is 1. The molecular weight excluding hydrogens is 611 g/mol. The molecule has 0 amide bonds. The van der Waals surface area contributed by atoms with Gasteiger partial charge in [0.1, 0.15) is 6.61 Å². The molecule has 0 saturated heterocycles. The van der Waals surface area contributed by atoms with Crippen LogP contribution in [0, 0.1) is 0 Å². The monoisotopic (exact) mass is 652 g/mol. The molecule has 0 aromatic rings. The van der Waals surface area contributed by atoms with Crippen molar-refractivity contribution in [3.05, 3.63) is 0 Å². The summed E-state index contributed by atoms with van der Waals surface area (Å²) in [5, 5.41) is 8.41. The van der Waals surface area contributed by atoms with Gasteiger partial charge in [-0.15, -0.1) is 0 Å². The third kappa shape index (κ3) is 29.4. The van der Waals surface area contributed by atoms with Gasteiger partial charge in [0, 0.05) is 10.8 Å². The second-order valence-corrected chi connectivity index (χ2v) is 8.12. The molecular formula is C23H41IO13. The molecule has 0 heterocycles. The molecule has 0 atom stereocenters. The van der Waals surface area contributed by atoms with Crippen molar-refractivity contribution in [2.24, 2.45) is 0 Å². The standard InChI is InChI=1S/C23H41IO13/c24-3-4-29-5-6-30-7-8-31-9-10-32-11-12-33-13-14-34-15-16-35-17-18-36-19-20-37-22(26)2-1-21(25)23(27)28/h1-20H2,(H,27,28). The minimum absolute atomic E-state index is 0.0209. The SMILES string of the molecule is O=C(CCC(=O)C(=O)O)OCCOCCOCCOCCOCCOCCOCCOCCOCCI. The largest absolute Gasteiger partial charge is 0.476 e. The summed E-state index contributed by atoms with van der Waals surface area (Å²) in [7, 11) is 0. The van der Waals surface area contributed by atoms with Crippen LogP contribution in [0.15, 0.2) is 0 Å². The van der Waals surface area contributed by atoms with E-state index in [1.807, 2.05) is 0 Å². The molecule has 0 bridgehead atoms. The molecule has 0 aromatic carbocycles. The van der Waals surface area contributed by atoms with Gasteiger partial charge >= 0.3 is 11.9 Å². The summed E-state index contributed by atoms with van der Waals surface area (Å²) in [6.45, 7) is 7.63. The van der Waals surface area contributed by atoms with Crippen molar-refractivity contribution >= 4 is 40.3 Å². The first kappa shape index (κ1) is 36.0. The van der Waals surface area contributed by atoms with Gasteiger partial charge in [0.25, 0.3) is 0 Å². The number of carboxylic acid groups (broad SMARTS) is 1. The molecule has 0 rings (SSSR count). The summed E-state index contributed by atoms with van der Waals surface area (Å²) in [4.78, 5) is 32.5. The Bertz CT molecular complexity index is 551. The lowest BCUT2D eigenvalue weighted by atomic mass is 10.2. The minimum atomic E-state index is -1.56. The van der Waals surface area contributed by atoms with Crippen LogP contribution in [-0.4, -0.2) is 140 Å². The molecule has 0 aromatic heterocycles. The Morgan fingerprint density at radius 1 is 0.459 bits per heavy atom. The van der Waals surface area contributed by atoms with E-state index < -0.39 is 17.7 Å². The number of carboxylic acids is 1. The van der Waals surface area contributed by atoms with Gasteiger partial charge in [-0.05, 0) is 0 Å². The molecule has 14 heteroatoms. The van der Waals surface area contributed by atoms with E-state index in [1.165, 1.54) is 0 Å². The molecule has 0 spiro atoms. The van der Waals surface area contributed by atoms with Gasteiger partial charge in [0.15, 0.2) is 0 Å². The normalized spacial score (nSPS) is 11.1. The van der Waals surface area contributed by atoms with Gasteiger partial charge < -0.3 is 47.7 Å². The average molecular weight is 652 g/mol. The van der Waals surface area contributed by atoms with Crippen LogP contribution in [0.4, 0.5) is 0 Å². The predicted octanol–water partition coefficient (Wildman–Crippen LogP) is 0.531. The van der Waals surface area contributed by atoms with E-state index in [4.69, 9.17) is 47.7 Å². The number of halogens is 1. The van der Waals surface area contributed by atoms with E-state index in [0.717, 1.165) is 11.0 Å². The lowest BCUT2D eigenvalue weighted by Gasteiger charge is -2.08. The highest BCUT2D eigenvalue weighted by molar-refractivity contribution is 14.1. The number of carbonyl (C=O) groups is 3. The zero-order valence-electron chi connectivity index (χ0n) is 21.4. The maximum absolute atomic E-state index is 11.3. The molecule has 0 aliphatic carbocycles. The first-order valence-corrected chi connectivity index (χ1v) is 13.7. The minimum Gasteiger partial charge on any atom is -0.476 e. The Hall–Kier alpha value is -0.980. The Morgan fingerprint density at radius 2 is 0.757 bits per heavy atom. The highest BCUT2D eigenvalue weighted by Gasteiger charge is 2.14. The van der Waals surface area contributed by atoms with E-state index >= 15 is 0 Å². The quantitative estimate of drug-likeness (QED) is 0.0378. The van der Waals surface area contributed by atoms with Crippen LogP contribution in [0.1, 0.15) is 12.8 Å². The number of ether oxygens (including phenoxy) is 9. The summed E-state index contributed by atoms with van der Waals surface area (Å²) < 4.78 is 48.7. The third-order valence-corrected chi connectivity index (χ3v) is 4.55. The second-order valence-electron chi connectivity index (χ2n) is 7.04. The van der Waals surface area contributed by atoms with Crippen LogP contribution in [0.5, 0.6) is 0 Å². The Morgan fingerprint density at radius 3 is 1.05 bits per heavy atom. The van der Waals surface area contributed by atoms with Crippen molar-refractivity contribution < 1.29 is 62.1 Å². The average Bonchev–Trinajstić information content (AvgIpc) is 2.89. The van der Waals surface area contributed by atoms with Crippen LogP contribution in [0.2, 0.25) is 0 Å². The van der Waals surface area contributed by atoms with Crippen molar-refractivity contribution in [1.29, 1.82) is 0 Å². The van der Waals surface area contributed by atoms with Crippen LogP contribution < -0.4 is 0 Å². The zero-order valence-corrected chi connectivity index (χ0v) is 23.5. The lowest BCUT2D eigenvalue weighted by Crippen LogP contribution is -2.17. The van der Waals surface area contributed by atoms with Crippen molar-refractivity contribution in [1.82, 2.24) is 0 Å². The number of hydrogen-bond acceptors (Lipinski definition) is 12. The fourth-order valence-corrected chi connectivity index (χ4v) is 2.62. The summed E-state index contributed by atoms with van der Waals surface area (Å²) in [6, 6.07) is 0. The molecule has 0 aliphatic heterocycles. The van der Waals surface area contributed by atoms with Crippen molar-refractivity contribution in [2.45, 2.75) is 12.8 Å². The third-order valence-electron chi connectivity index (χ3n) is 4.11. The molecule has 0 aliphatic rings. The molecule has 37 heavy (non-hydrogen) atoms. The summed E-state index contributed by atoms with van der Waals surface area (Å²) in [6.07, 6.45) is -0.648. The predicted molar refractivity (Wildman–Crippen MR) is 138 cm³/mol. The number of carbonyl (C=O) groups excluding carboxylic acids is 2. The summed E-state index contributed by atoms with van der Waals surface area (Å²) in [5.41, 5.74) is 0. The molecule has 0 fully saturated rings. The van der Waals surface area contributed by atoms with Crippen LogP contribution >= 0.6 is 22.6 Å². The Labute approximate surface area is 231 Å². The molecule has 0 saturated carbocycles. The number of esters is 1. The smallest absolute Gasteiger partial charge is 0.372 e. The number of Topliss-reactive ketones (excluding diaryl/α,β-unsaturated/α-hetero) is 1. The molecule has 13 nitrogen and oxygen atoms in total. The van der Waals surface area contributed by atoms with E-state index in [1.54, 1.807) is 0 Å². The van der Waals surface area contributed by atoms with Crippen molar-refractivity contribution in [2.75, 3.05) is 117 Å². The van der Waals surface area contributed by atoms with E-state index in [2.05, 4.69) is 22.6 Å². The van der Waals surface area contributed by atoms with E-state index in [0.29, 0.717) is 92.5 Å². The highest BCUT2D eigenvalue weighted by atomic mass is 127. The van der Waals surface area contributed by atoms with Gasteiger partial charge in [0.05, 0.1) is 112 Å². The Balaban J connectivity index is 3.13. The fraction of sp³-hybridized carbons (Fsp3) is 0.870. The van der Waals surface area contributed by atoms with Crippen molar-refractivity contribution in [3.8, 4) is 0 Å². The van der Waals surface area contributed by atoms with E-state index in [9.17, 15) is 14.4 Å². The molecule has 1 N–H and O–H groups in total. The topological polar surface area (TPSA) is 155 Å². The van der Waals surface area contributed by atoms with Crippen LogP contribution in [0.3, 0.4) is 0 Å². The molecule has 0 radical (unpaired) electrons. The molecule has 218 valence electrons. The fourth-order valence-electron chi connectivity index (χ4n) is 2.31. The molecule has 0 unspecified atom stereocenters. The van der Waals surface area contributed by atoms with Crippen molar-refractivity contribution in [3.63, 3.8) is 0 Å². The Kier molecular flexibility index (Phi) is 28.8. The van der Waals surface area contributed by atoms with Gasteiger partial charge in [-0.1, -0.05) is 22.6 Å². The maximum atomic E-state index is 11.3. The highest BCUT2D eigenvalue weighted by Crippen LogP contribution is 1.95. The first-order valence-electron chi connectivity index (χ1n) is 12.2. The number of hydrogen-bond donors (Lipinski definition) is 1. The summed E-state index contributed by atoms with van der Waals surface area (Å²) >= 11 is 2.26. The zero-order chi connectivity index (χ0) is 27.2. The van der Waals surface area contributed by atoms with E-state index in [-0.39, 0.29) is 26.1 Å². The van der Waals surface area contributed by atoms with Gasteiger partial charge in [-0.3, -0.25) is 9.59 Å². The first-order chi connectivity index (χ1) is 18.1. The van der Waals surface area contributed by atoms with Gasteiger partial charge in [-0.2, -0.15) is 0 Å². The number of ketones is 1. The van der Waals surface area contributed by atoms with Gasteiger partial charge in [-0.25, -0.2) is 4.79 Å².